The molecular formula is C14H20N2O4S. The van der Waals surface area contributed by atoms with Gasteiger partial charge in [-0.3, -0.25) is 4.79 Å². The molecule has 0 bridgehead atoms. The fourth-order valence-corrected chi connectivity index (χ4v) is 3.39. The van der Waals surface area contributed by atoms with Crippen LogP contribution in [-0.4, -0.2) is 58.1 Å². The zero-order valence-electron chi connectivity index (χ0n) is 12.5. The van der Waals surface area contributed by atoms with Crippen LogP contribution in [0.15, 0.2) is 18.2 Å². The van der Waals surface area contributed by atoms with E-state index in [2.05, 4.69) is 0 Å². The zero-order chi connectivity index (χ0) is 15.6. The SMILES string of the molecule is COc1cccc(N2CCN(S(C)(=O)=O)CC2)c1C(C)=O. The van der Waals surface area contributed by atoms with Gasteiger partial charge in [0.05, 0.1) is 24.6 Å². The van der Waals surface area contributed by atoms with Crippen LogP contribution in [0.3, 0.4) is 0 Å². The summed E-state index contributed by atoms with van der Waals surface area (Å²) < 4.78 is 29.8. The fraction of sp³-hybridized carbons (Fsp3) is 0.500. The van der Waals surface area contributed by atoms with Gasteiger partial charge in [-0.2, -0.15) is 4.31 Å². The summed E-state index contributed by atoms with van der Waals surface area (Å²) >= 11 is 0. The molecule has 6 nitrogen and oxygen atoms in total. The molecule has 1 aromatic carbocycles. The molecule has 0 aromatic heterocycles. The number of nitrogens with zero attached hydrogens (tertiary/aromatic N) is 2. The van der Waals surface area contributed by atoms with Crippen LogP contribution in [0.25, 0.3) is 0 Å². The summed E-state index contributed by atoms with van der Waals surface area (Å²) in [6.07, 6.45) is 1.22. The van der Waals surface area contributed by atoms with E-state index in [1.165, 1.54) is 24.6 Å². The van der Waals surface area contributed by atoms with Crippen molar-refractivity contribution in [1.82, 2.24) is 4.31 Å². The number of ketones is 1. The quantitative estimate of drug-likeness (QED) is 0.775. The summed E-state index contributed by atoms with van der Waals surface area (Å²) in [5.74, 6) is 0.485. The van der Waals surface area contributed by atoms with Crippen molar-refractivity contribution in [3.63, 3.8) is 0 Å². The summed E-state index contributed by atoms with van der Waals surface area (Å²) in [5, 5.41) is 0. The zero-order valence-corrected chi connectivity index (χ0v) is 13.3. The second kappa shape index (κ2) is 6.03. The highest BCUT2D eigenvalue weighted by Gasteiger charge is 2.26. The van der Waals surface area contributed by atoms with Crippen molar-refractivity contribution >= 4 is 21.5 Å². The monoisotopic (exact) mass is 312 g/mol. The Morgan fingerprint density at radius 2 is 1.81 bits per heavy atom. The van der Waals surface area contributed by atoms with Crippen LogP contribution in [0.2, 0.25) is 0 Å². The summed E-state index contributed by atoms with van der Waals surface area (Å²) in [7, 11) is -1.62. The van der Waals surface area contributed by atoms with Crippen LogP contribution in [0.1, 0.15) is 17.3 Å². The normalized spacial score (nSPS) is 16.8. The number of hydrogen-bond acceptors (Lipinski definition) is 5. The molecule has 116 valence electrons. The highest BCUT2D eigenvalue weighted by Crippen LogP contribution is 2.30. The largest absolute Gasteiger partial charge is 0.496 e. The summed E-state index contributed by atoms with van der Waals surface area (Å²) in [6, 6.07) is 5.46. The van der Waals surface area contributed by atoms with Gasteiger partial charge in [0.25, 0.3) is 0 Å². The van der Waals surface area contributed by atoms with Crippen LogP contribution < -0.4 is 9.64 Å². The summed E-state index contributed by atoms with van der Waals surface area (Å²) in [5.41, 5.74) is 1.35. The van der Waals surface area contributed by atoms with E-state index >= 15 is 0 Å². The molecule has 0 radical (unpaired) electrons. The number of methoxy groups -OCH3 is 1. The molecule has 0 amide bonds. The minimum absolute atomic E-state index is 0.0620. The molecule has 2 rings (SSSR count). The Kier molecular flexibility index (Phi) is 4.53. The van der Waals surface area contributed by atoms with Crippen molar-refractivity contribution in [1.29, 1.82) is 0 Å². The average Bonchev–Trinajstić information content (AvgIpc) is 2.45. The van der Waals surface area contributed by atoms with E-state index in [1.54, 1.807) is 6.07 Å². The first-order valence-electron chi connectivity index (χ1n) is 6.72. The molecule has 0 N–H and O–H groups in total. The van der Waals surface area contributed by atoms with E-state index in [1.807, 2.05) is 17.0 Å². The van der Waals surface area contributed by atoms with Gasteiger partial charge in [0, 0.05) is 26.2 Å². The molecule has 1 aliphatic heterocycles. The lowest BCUT2D eigenvalue weighted by Crippen LogP contribution is -2.48. The Morgan fingerprint density at radius 1 is 1.19 bits per heavy atom. The number of sulfonamides is 1. The van der Waals surface area contributed by atoms with Crippen molar-refractivity contribution in [2.24, 2.45) is 0 Å². The van der Waals surface area contributed by atoms with E-state index in [4.69, 9.17) is 4.74 Å². The summed E-state index contributed by atoms with van der Waals surface area (Å²) in [6.45, 7) is 3.47. The molecule has 0 saturated carbocycles. The molecule has 1 aromatic rings. The van der Waals surface area contributed by atoms with E-state index < -0.39 is 10.0 Å². The Bertz CT molecular complexity index is 634. The summed E-state index contributed by atoms with van der Waals surface area (Å²) in [4.78, 5) is 13.9. The molecule has 21 heavy (non-hydrogen) atoms. The van der Waals surface area contributed by atoms with Gasteiger partial charge >= 0.3 is 0 Å². The number of ether oxygens (including phenoxy) is 1. The number of carbonyl (C=O) groups is 1. The van der Waals surface area contributed by atoms with Crippen molar-refractivity contribution in [3.8, 4) is 5.75 Å². The highest BCUT2D eigenvalue weighted by molar-refractivity contribution is 7.88. The van der Waals surface area contributed by atoms with Gasteiger partial charge in [-0.15, -0.1) is 0 Å². The standard InChI is InChI=1S/C14H20N2O4S/c1-11(17)14-12(5-4-6-13(14)20-2)15-7-9-16(10-8-15)21(3,18)19/h4-6H,7-10H2,1-3H3. The van der Waals surface area contributed by atoms with Crippen molar-refractivity contribution in [3.05, 3.63) is 23.8 Å². The van der Waals surface area contributed by atoms with Crippen LogP contribution in [0.4, 0.5) is 5.69 Å². The molecule has 0 aliphatic carbocycles. The number of anilines is 1. The minimum atomic E-state index is -3.16. The maximum Gasteiger partial charge on any atom is 0.211 e. The van der Waals surface area contributed by atoms with E-state index in [0.717, 1.165) is 5.69 Å². The molecule has 0 atom stereocenters. The number of benzene rings is 1. The fourth-order valence-electron chi connectivity index (χ4n) is 2.57. The third-order valence-corrected chi connectivity index (χ3v) is 4.93. The van der Waals surface area contributed by atoms with Gasteiger partial charge in [0.1, 0.15) is 5.75 Å². The van der Waals surface area contributed by atoms with Gasteiger partial charge in [-0.25, -0.2) is 8.42 Å². The topological polar surface area (TPSA) is 66.9 Å². The molecule has 1 heterocycles. The maximum atomic E-state index is 11.9. The minimum Gasteiger partial charge on any atom is -0.496 e. The maximum absolute atomic E-state index is 11.9. The van der Waals surface area contributed by atoms with E-state index in [-0.39, 0.29) is 5.78 Å². The lowest BCUT2D eigenvalue weighted by Gasteiger charge is -2.35. The van der Waals surface area contributed by atoms with Gasteiger partial charge in [-0.1, -0.05) is 6.07 Å². The molecule has 7 heteroatoms. The highest BCUT2D eigenvalue weighted by atomic mass is 32.2. The number of piperazine rings is 1. The molecule has 0 unspecified atom stereocenters. The van der Waals surface area contributed by atoms with Crippen LogP contribution in [0.5, 0.6) is 5.75 Å². The Hall–Kier alpha value is -1.60. The van der Waals surface area contributed by atoms with Gasteiger partial charge in [0.2, 0.25) is 10.0 Å². The predicted molar refractivity (Wildman–Crippen MR) is 81.6 cm³/mol. The van der Waals surface area contributed by atoms with Crippen molar-refractivity contribution in [2.75, 3.05) is 44.4 Å². The van der Waals surface area contributed by atoms with Crippen LogP contribution in [-0.2, 0) is 10.0 Å². The second-order valence-corrected chi connectivity index (χ2v) is 7.04. The van der Waals surface area contributed by atoms with E-state index in [9.17, 15) is 13.2 Å². The molecule has 0 spiro atoms. The third kappa shape index (κ3) is 3.36. The van der Waals surface area contributed by atoms with Gasteiger partial charge < -0.3 is 9.64 Å². The second-order valence-electron chi connectivity index (χ2n) is 5.06. The van der Waals surface area contributed by atoms with Gasteiger partial charge in [-0.05, 0) is 19.1 Å². The van der Waals surface area contributed by atoms with Crippen molar-refractivity contribution < 1.29 is 17.9 Å². The number of rotatable bonds is 4. The molecule has 1 aliphatic rings. The smallest absolute Gasteiger partial charge is 0.211 e. The van der Waals surface area contributed by atoms with Gasteiger partial charge in [0.15, 0.2) is 5.78 Å². The number of Topliss-reactive ketones (excluding diaryl/α,β-unsaturated/α-hetero) is 1. The Balaban J connectivity index is 2.27. The number of carbonyl (C=O) groups excluding carboxylic acids is 1. The predicted octanol–water partition coefficient (Wildman–Crippen LogP) is 0.979. The van der Waals surface area contributed by atoms with Crippen molar-refractivity contribution in [2.45, 2.75) is 6.92 Å². The number of hydrogen-bond donors (Lipinski definition) is 0. The molecule has 1 saturated heterocycles. The van der Waals surface area contributed by atoms with Crippen LogP contribution in [0, 0.1) is 0 Å². The third-order valence-electron chi connectivity index (χ3n) is 3.62. The lowest BCUT2D eigenvalue weighted by atomic mass is 10.1. The average molecular weight is 312 g/mol. The first-order valence-corrected chi connectivity index (χ1v) is 8.57. The Labute approximate surface area is 125 Å². The molecular weight excluding hydrogens is 292 g/mol. The van der Waals surface area contributed by atoms with Crippen LogP contribution >= 0.6 is 0 Å². The Morgan fingerprint density at radius 3 is 2.29 bits per heavy atom. The molecule has 1 fully saturated rings. The first-order chi connectivity index (χ1) is 9.84. The van der Waals surface area contributed by atoms with E-state index in [0.29, 0.717) is 37.5 Å². The lowest BCUT2D eigenvalue weighted by molar-refractivity contribution is 0.101. The first kappa shape index (κ1) is 15.8.